The van der Waals surface area contributed by atoms with E-state index >= 15 is 0 Å². The lowest BCUT2D eigenvalue weighted by atomic mass is 9.69. The summed E-state index contributed by atoms with van der Waals surface area (Å²) in [6.07, 6.45) is 4.86. The van der Waals surface area contributed by atoms with E-state index in [0.717, 1.165) is 6.42 Å². The molecule has 1 aliphatic carbocycles. The normalized spacial score (nSPS) is 19.8. The van der Waals surface area contributed by atoms with Gasteiger partial charge < -0.3 is 5.32 Å². The number of amides is 2. The van der Waals surface area contributed by atoms with Gasteiger partial charge in [-0.25, -0.2) is 4.98 Å². The first-order valence-electron chi connectivity index (χ1n) is 9.93. The minimum absolute atomic E-state index is 0.00684. The predicted molar refractivity (Wildman–Crippen MR) is 114 cm³/mol. The van der Waals surface area contributed by atoms with Gasteiger partial charge >= 0.3 is 0 Å². The van der Waals surface area contributed by atoms with Crippen LogP contribution in [0.5, 0.6) is 0 Å². The van der Waals surface area contributed by atoms with Gasteiger partial charge in [0.2, 0.25) is 5.91 Å². The van der Waals surface area contributed by atoms with Gasteiger partial charge in [0.15, 0.2) is 5.13 Å². The van der Waals surface area contributed by atoms with Crippen LogP contribution < -0.4 is 10.6 Å². The van der Waals surface area contributed by atoms with Crippen LogP contribution in [-0.2, 0) is 11.2 Å². The molecule has 2 amide bonds. The summed E-state index contributed by atoms with van der Waals surface area (Å²) >= 11 is 1.34. The maximum absolute atomic E-state index is 12.6. The summed E-state index contributed by atoms with van der Waals surface area (Å²) in [6, 6.07) is 9.26. The molecule has 6 heteroatoms. The minimum Gasteiger partial charge on any atom is -0.353 e. The van der Waals surface area contributed by atoms with Crippen molar-refractivity contribution in [2.24, 2.45) is 11.3 Å². The van der Waals surface area contributed by atoms with Gasteiger partial charge in [-0.05, 0) is 36.3 Å². The van der Waals surface area contributed by atoms with Gasteiger partial charge in [-0.3, -0.25) is 14.9 Å². The molecule has 28 heavy (non-hydrogen) atoms. The first-order valence-corrected chi connectivity index (χ1v) is 10.8. The summed E-state index contributed by atoms with van der Waals surface area (Å²) < 4.78 is 0. The van der Waals surface area contributed by atoms with Crippen LogP contribution in [0.4, 0.5) is 5.13 Å². The second-order valence-electron chi connectivity index (χ2n) is 8.57. The predicted octanol–water partition coefficient (Wildman–Crippen LogP) is 4.66. The lowest BCUT2D eigenvalue weighted by Gasteiger charge is -2.40. The van der Waals surface area contributed by atoms with Crippen LogP contribution in [0.1, 0.15) is 62.5 Å². The van der Waals surface area contributed by atoms with E-state index in [1.807, 2.05) is 23.6 Å². The number of nitrogens with one attached hydrogen (secondary N) is 2. The minimum atomic E-state index is -0.193. The van der Waals surface area contributed by atoms with Gasteiger partial charge in [0, 0.05) is 17.0 Å². The second kappa shape index (κ2) is 8.86. The molecule has 3 rings (SSSR count). The summed E-state index contributed by atoms with van der Waals surface area (Å²) in [7, 11) is 0. The van der Waals surface area contributed by atoms with E-state index in [0.29, 0.717) is 22.3 Å². The second-order valence-corrected chi connectivity index (χ2v) is 9.43. The van der Waals surface area contributed by atoms with Gasteiger partial charge in [-0.15, -0.1) is 11.3 Å². The average molecular weight is 400 g/mol. The number of aromatic nitrogens is 1. The lowest BCUT2D eigenvalue weighted by molar-refractivity contribution is -0.122. The maximum atomic E-state index is 12.6. The third kappa shape index (κ3) is 5.41. The third-order valence-corrected chi connectivity index (χ3v) is 6.18. The van der Waals surface area contributed by atoms with Gasteiger partial charge in [-0.2, -0.15) is 0 Å². The van der Waals surface area contributed by atoms with Crippen molar-refractivity contribution >= 4 is 28.3 Å². The molecule has 1 fully saturated rings. The van der Waals surface area contributed by atoms with Gasteiger partial charge in [0.1, 0.15) is 0 Å². The zero-order valence-electron chi connectivity index (χ0n) is 16.8. The fourth-order valence-electron chi connectivity index (χ4n) is 3.97. The van der Waals surface area contributed by atoms with E-state index in [4.69, 9.17) is 0 Å². The Morgan fingerprint density at radius 2 is 1.86 bits per heavy atom. The number of carbonyl (C=O) groups is 2. The van der Waals surface area contributed by atoms with Crippen LogP contribution >= 0.6 is 11.3 Å². The molecule has 0 bridgehead atoms. The summed E-state index contributed by atoms with van der Waals surface area (Å²) in [5, 5.41) is 8.39. The van der Waals surface area contributed by atoms with Crippen molar-refractivity contribution < 1.29 is 9.59 Å². The standard InChI is InChI=1S/C22H29N3O2S/c1-22(2,3)17-11-7-8-12-18(17)24-19(26)13-16-14-28-21(23-16)25-20(27)15-9-5-4-6-10-15/h4-6,9-10,14,17-18H,7-8,11-13H2,1-3H3,(H,24,26)(H,23,25,27). The van der Waals surface area contributed by atoms with E-state index in [-0.39, 0.29) is 29.7 Å². The van der Waals surface area contributed by atoms with E-state index < -0.39 is 0 Å². The van der Waals surface area contributed by atoms with Gasteiger partial charge in [0.25, 0.3) is 5.91 Å². The van der Waals surface area contributed by atoms with Crippen LogP contribution in [-0.4, -0.2) is 22.8 Å². The Labute approximate surface area is 171 Å². The van der Waals surface area contributed by atoms with Crippen molar-refractivity contribution in [3.8, 4) is 0 Å². The topological polar surface area (TPSA) is 71.1 Å². The molecule has 2 atom stereocenters. The van der Waals surface area contributed by atoms with E-state index in [9.17, 15) is 9.59 Å². The number of nitrogens with zero attached hydrogens (tertiary/aromatic N) is 1. The monoisotopic (exact) mass is 399 g/mol. The fourth-order valence-corrected chi connectivity index (χ4v) is 4.67. The summed E-state index contributed by atoms with van der Waals surface area (Å²) in [4.78, 5) is 29.2. The summed E-state index contributed by atoms with van der Waals surface area (Å²) in [5.41, 5.74) is 1.46. The van der Waals surface area contributed by atoms with E-state index in [1.165, 1.54) is 30.6 Å². The molecule has 1 saturated carbocycles. The molecular formula is C22H29N3O2S. The Morgan fingerprint density at radius 1 is 1.14 bits per heavy atom. The van der Waals surface area contributed by atoms with Crippen molar-refractivity contribution in [3.05, 3.63) is 47.0 Å². The summed E-state index contributed by atoms with van der Waals surface area (Å²) in [5.74, 6) is 0.315. The Hall–Kier alpha value is -2.21. The highest BCUT2D eigenvalue weighted by Gasteiger charge is 2.34. The molecular weight excluding hydrogens is 370 g/mol. The molecule has 2 aromatic rings. The van der Waals surface area contributed by atoms with E-state index in [1.54, 1.807) is 12.1 Å². The van der Waals surface area contributed by atoms with E-state index in [2.05, 4.69) is 36.4 Å². The molecule has 1 aliphatic rings. The number of hydrogen-bond donors (Lipinski definition) is 2. The highest BCUT2D eigenvalue weighted by Crippen LogP contribution is 2.38. The van der Waals surface area contributed by atoms with Crippen molar-refractivity contribution in [1.29, 1.82) is 0 Å². The Kier molecular flexibility index (Phi) is 6.50. The van der Waals surface area contributed by atoms with Crippen molar-refractivity contribution in [3.63, 3.8) is 0 Å². The highest BCUT2D eigenvalue weighted by molar-refractivity contribution is 7.14. The number of rotatable bonds is 5. The number of thiazole rings is 1. The number of anilines is 1. The molecule has 2 unspecified atom stereocenters. The molecule has 0 spiro atoms. The molecule has 0 saturated heterocycles. The number of carbonyl (C=O) groups excluding carboxylic acids is 2. The van der Waals surface area contributed by atoms with Crippen molar-refractivity contribution in [1.82, 2.24) is 10.3 Å². The van der Waals surface area contributed by atoms with Crippen LogP contribution in [0.25, 0.3) is 0 Å². The maximum Gasteiger partial charge on any atom is 0.257 e. The smallest absolute Gasteiger partial charge is 0.257 e. The lowest BCUT2D eigenvalue weighted by Crippen LogP contribution is -2.47. The zero-order valence-corrected chi connectivity index (χ0v) is 17.6. The highest BCUT2D eigenvalue weighted by atomic mass is 32.1. The zero-order chi connectivity index (χ0) is 20.1. The SMILES string of the molecule is CC(C)(C)C1CCCCC1NC(=O)Cc1csc(NC(=O)c2ccccc2)n1. The summed E-state index contributed by atoms with van der Waals surface area (Å²) in [6.45, 7) is 6.76. The average Bonchev–Trinajstić information content (AvgIpc) is 3.08. The molecule has 1 heterocycles. The van der Waals surface area contributed by atoms with Gasteiger partial charge in [-0.1, -0.05) is 51.8 Å². The Morgan fingerprint density at radius 3 is 2.57 bits per heavy atom. The van der Waals surface area contributed by atoms with Gasteiger partial charge in [0.05, 0.1) is 12.1 Å². The molecule has 5 nitrogen and oxygen atoms in total. The van der Waals surface area contributed by atoms with Crippen LogP contribution in [0.15, 0.2) is 35.7 Å². The molecule has 1 aromatic heterocycles. The first kappa shape index (κ1) is 20.5. The van der Waals surface area contributed by atoms with Crippen molar-refractivity contribution in [2.45, 2.75) is 58.9 Å². The number of benzene rings is 1. The van der Waals surface area contributed by atoms with Crippen LogP contribution in [0, 0.1) is 11.3 Å². The largest absolute Gasteiger partial charge is 0.353 e. The third-order valence-electron chi connectivity index (χ3n) is 5.37. The molecule has 0 aliphatic heterocycles. The molecule has 150 valence electrons. The molecule has 0 radical (unpaired) electrons. The Balaban J connectivity index is 1.55. The fraction of sp³-hybridized carbons (Fsp3) is 0.500. The van der Waals surface area contributed by atoms with Crippen LogP contribution in [0.2, 0.25) is 0 Å². The number of hydrogen-bond acceptors (Lipinski definition) is 4. The quantitative estimate of drug-likeness (QED) is 0.768. The molecule has 2 N–H and O–H groups in total. The first-order chi connectivity index (χ1) is 13.3. The Bertz CT molecular complexity index is 811. The van der Waals surface area contributed by atoms with Crippen LogP contribution in [0.3, 0.4) is 0 Å². The van der Waals surface area contributed by atoms with Crippen molar-refractivity contribution in [2.75, 3.05) is 5.32 Å². The molecule has 1 aromatic carbocycles.